The van der Waals surface area contributed by atoms with Crippen LogP contribution in [0.25, 0.3) is 0 Å². The molecular formula is C12H12ClN3O2. The van der Waals surface area contributed by atoms with Gasteiger partial charge in [0.1, 0.15) is 10.9 Å². The van der Waals surface area contributed by atoms with E-state index in [1.54, 1.807) is 31.3 Å². The van der Waals surface area contributed by atoms with E-state index >= 15 is 0 Å². The molecule has 0 spiro atoms. The number of pyridine rings is 1. The minimum Gasteiger partial charge on any atom is -0.455 e. The van der Waals surface area contributed by atoms with Crippen molar-refractivity contribution in [2.24, 2.45) is 5.73 Å². The maximum absolute atomic E-state index is 12.1. The van der Waals surface area contributed by atoms with Crippen molar-refractivity contribution in [3.05, 3.63) is 47.1 Å². The summed E-state index contributed by atoms with van der Waals surface area (Å²) in [6, 6.07) is 6.61. The van der Waals surface area contributed by atoms with Crippen LogP contribution >= 0.6 is 11.6 Å². The zero-order chi connectivity index (χ0) is 13.1. The van der Waals surface area contributed by atoms with Gasteiger partial charge < -0.3 is 15.1 Å². The number of furan rings is 1. The van der Waals surface area contributed by atoms with Crippen molar-refractivity contribution in [2.75, 3.05) is 11.9 Å². The van der Waals surface area contributed by atoms with Gasteiger partial charge in [0.2, 0.25) is 0 Å². The molecule has 0 aliphatic heterocycles. The predicted octanol–water partition coefficient (Wildman–Crippen LogP) is 2.06. The highest BCUT2D eigenvalue weighted by Crippen LogP contribution is 2.17. The summed E-state index contributed by atoms with van der Waals surface area (Å²) in [7, 11) is 1.64. The number of anilines is 1. The second kappa shape index (κ2) is 5.20. The molecule has 0 unspecified atom stereocenters. The molecule has 0 saturated heterocycles. The molecule has 0 aliphatic rings. The first-order valence-corrected chi connectivity index (χ1v) is 5.68. The standard InChI is InChI=1S/C12H12ClN3O2/c1-16(8-2-5-11(13)15-7-8)12(17)10-4-3-9(6-14)18-10/h2-5,7H,6,14H2,1H3. The number of nitrogens with two attached hydrogens (primary N) is 1. The van der Waals surface area contributed by atoms with E-state index in [-0.39, 0.29) is 18.2 Å². The second-order valence-corrected chi connectivity index (χ2v) is 4.06. The Morgan fingerprint density at radius 2 is 2.22 bits per heavy atom. The summed E-state index contributed by atoms with van der Waals surface area (Å²) in [4.78, 5) is 17.4. The molecule has 2 N–H and O–H groups in total. The number of halogens is 1. The SMILES string of the molecule is CN(C(=O)c1ccc(CN)o1)c1ccc(Cl)nc1. The van der Waals surface area contributed by atoms with Crippen LogP contribution in [0.4, 0.5) is 5.69 Å². The molecule has 2 rings (SSSR count). The third-order valence-electron chi connectivity index (χ3n) is 2.48. The van der Waals surface area contributed by atoms with Gasteiger partial charge >= 0.3 is 0 Å². The van der Waals surface area contributed by atoms with Gasteiger partial charge in [-0.25, -0.2) is 4.98 Å². The van der Waals surface area contributed by atoms with Gasteiger partial charge in [0.25, 0.3) is 5.91 Å². The second-order valence-electron chi connectivity index (χ2n) is 3.67. The summed E-state index contributed by atoms with van der Waals surface area (Å²) in [5, 5.41) is 0.378. The van der Waals surface area contributed by atoms with E-state index in [0.717, 1.165) is 0 Å². The summed E-state index contributed by atoms with van der Waals surface area (Å²) in [5.74, 6) is 0.549. The number of aromatic nitrogens is 1. The highest BCUT2D eigenvalue weighted by Gasteiger charge is 2.17. The van der Waals surface area contributed by atoms with Gasteiger partial charge in [-0.05, 0) is 24.3 Å². The molecule has 0 aromatic carbocycles. The molecule has 0 fully saturated rings. The predicted molar refractivity (Wildman–Crippen MR) is 68.6 cm³/mol. The Labute approximate surface area is 109 Å². The Kier molecular flexibility index (Phi) is 3.64. The maximum atomic E-state index is 12.1. The van der Waals surface area contributed by atoms with Crippen LogP contribution in [0.5, 0.6) is 0 Å². The average molecular weight is 266 g/mol. The van der Waals surface area contributed by atoms with Crippen LogP contribution < -0.4 is 10.6 Å². The molecule has 2 aromatic rings. The lowest BCUT2D eigenvalue weighted by Gasteiger charge is -2.15. The molecule has 0 atom stereocenters. The van der Waals surface area contributed by atoms with Gasteiger partial charge in [0, 0.05) is 7.05 Å². The van der Waals surface area contributed by atoms with Crippen molar-refractivity contribution in [3.8, 4) is 0 Å². The van der Waals surface area contributed by atoms with Crippen LogP contribution in [-0.4, -0.2) is 17.9 Å². The molecule has 2 heterocycles. The largest absolute Gasteiger partial charge is 0.455 e. The van der Waals surface area contributed by atoms with E-state index < -0.39 is 0 Å². The highest BCUT2D eigenvalue weighted by atomic mass is 35.5. The Morgan fingerprint density at radius 1 is 1.44 bits per heavy atom. The van der Waals surface area contributed by atoms with E-state index in [1.165, 1.54) is 11.1 Å². The number of nitrogens with zero attached hydrogens (tertiary/aromatic N) is 2. The monoisotopic (exact) mass is 265 g/mol. The van der Waals surface area contributed by atoms with Gasteiger partial charge in [0.05, 0.1) is 18.4 Å². The molecule has 0 radical (unpaired) electrons. The lowest BCUT2D eigenvalue weighted by atomic mass is 10.3. The van der Waals surface area contributed by atoms with Crippen molar-refractivity contribution in [1.82, 2.24) is 4.98 Å². The van der Waals surface area contributed by atoms with Crippen molar-refractivity contribution in [3.63, 3.8) is 0 Å². The van der Waals surface area contributed by atoms with Crippen LogP contribution in [0.15, 0.2) is 34.9 Å². The summed E-state index contributed by atoms with van der Waals surface area (Å²) in [6.45, 7) is 0.263. The first-order chi connectivity index (χ1) is 8.61. The third kappa shape index (κ3) is 2.52. The molecule has 94 valence electrons. The van der Waals surface area contributed by atoms with Gasteiger partial charge in [0.15, 0.2) is 5.76 Å². The fourth-order valence-corrected chi connectivity index (χ4v) is 1.56. The lowest BCUT2D eigenvalue weighted by molar-refractivity contribution is 0.0964. The van der Waals surface area contributed by atoms with Crippen molar-refractivity contribution in [2.45, 2.75) is 6.54 Å². The van der Waals surface area contributed by atoms with E-state index in [2.05, 4.69) is 4.98 Å². The van der Waals surface area contributed by atoms with Gasteiger partial charge in [-0.3, -0.25) is 4.79 Å². The molecule has 0 bridgehead atoms. The number of carbonyl (C=O) groups excluding carboxylic acids is 1. The molecule has 0 aliphatic carbocycles. The summed E-state index contributed by atoms with van der Waals surface area (Å²) < 4.78 is 5.30. The molecule has 2 aromatic heterocycles. The third-order valence-corrected chi connectivity index (χ3v) is 2.70. The van der Waals surface area contributed by atoms with Crippen LogP contribution in [0.1, 0.15) is 16.3 Å². The summed E-state index contributed by atoms with van der Waals surface area (Å²) in [6.07, 6.45) is 1.52. The first kappa shape index (κ1) is 12.6. The summed E-state index contributed by atoms with van der Waals surface area (Å²) >= 11 is 5.69. The zero-order valence-corrected chi connectivity index (χ0v) is 10.5. The van der Waals surface area contributed by atoms with E-state index in [4.69, 9.17) is 21.8 Å². The lowest BCUT2D eigenvalue weighted by Crippen LogP contribution is -2.25. The van der Waals surface area contributed by atoms with Gasteiger partial charge in [-0.15, -0.1) is 0 Å². The number of hydrogen-bond donors (Lipinski definition) is 1. The Bertz CT molecular complexity index is 551. The molecule has 6 heteroatoms. The van der Waals surface area contributed by atoms with Gasteiger partial charge in [-0.2, -0.15) is 0 Å². The Morgan fingerprint density at radius 3 is 2.78 bits per heavy atom. The van der Waals surface area contributed by atoms with Crippen LogP contribution in [0.2, 0.25) is 5.15 Å². The van der Waals surface area contributed by atoms with Crippen LogP contribution in [0, 0.1) is 0 Å². The van der Waals surface area contributed by atoms with E-state index in [0.29, 0.717) is 16.6 Å². The van der Waals surface area contributed by atoms with Gasteiger partial charge in [-0.1, -0.05) is 11.6 Å². The normalized spacial score (nSPS) is 10.4. The molecule has 18 heavy (non-hydrogen) atoms. The smallest absolute Gasteiger partial charge is 0.293 e. The van der Waals surface area contributed by atoms with Crippen LogP contribution in [-0.2, 0) is 6.54 Å². The number of rotatable bonds is 3. The first-order valence-electron chi connectivity index (χ1n) is 5.30. The fourth-order valence-electron chi connectivity index (χ4n) is 1.45. The summed E-state index contributed by atoms with van der Waals surface area (Å²) in [5.41, 5.74) is 6.06. The van der Waals surface area contributed by atoms with E-state index in [1.807, 2.05) is 0 Å². The minimum absolute atomic E-state index is 0.243. The molecule has 0 saturated carbocycles. The Hall–Kier alpha value is -1.85. The molecular weight excluding hydrogens is 254 g/mol. The van der Waals surface area contributed by atoms with Crippen molar-refractivity contribution < 1.29 is 9.21 Å². The van der Waals surface area contributed by atoms with Crippen molar-refractivity contribution in [1.29, 1.82) is 0 Å². The van der Waals surface area contributed by atoms with E-state index in [9.17, 15) is 4.79 Å². The van der Waals surface area contributed by atoms with Crippen LogP contribution in [0.3, 0.4) is 0 Å². The Balaban J connectivity index is 2.20. The quantitative estimate of drug-likeness (QED) is 0.862. The number of hydrogen-bond acceptors (Lipinski definition) is 4. The zero-order valence-electron chi connectivity index (χ0n) is 9.76. The highest BCUT2D eigenvalue weighted by molar-refractivity contribution is 6.29. The molecule has 5 nitrogen and oxygen atoms in total. The fraction of sp³-hybridized carbons (Fsp3) is 0.167. The van der Waals surface area contributed by atoms with Crippen molar-refractivity contribution >= 4 is 23.2 Å². The maximum Gasteiger partial charge on any atom is 0.293 e. The number of carbonyl (C=O) groups is 1. The molecule has 1 amide bonds. The minimum atomic E-state index is -0.265. The number of amides is 1. The topological polar surface area (TPSA) is 72.4 Å². The average Bonchev–Trinajstić information content (AvgIpc) is 2.86.